The van der Waals surface area contributed by atoms with Crippen LogP contribution in [0.25, 0.3) is 0 Å². The fourth-order valence-electron chi connectivity index (χ4n) is 1.12. The van der Waals surface area contributed by atoms with E-state index in [1.165, 1.54) is 5.56 Å². The number of halogens is 1. The molecule has 0 N–H and O–H groups in total. The maximum Gasteiger partial charge on any atom is 0.122 e. The number of hydrogen-bond donors (Lipinski definition) is 0. The Bertz CT molecular complexity index is 199. The molecule has 0 fully saturated rings. The van der Waals surface area contributed by atoms with Gasteiger partial charge in [-0.25, -0.2) is 0 Å². The Labute approximate surface area is 70.8 Å². The van der Waals surface area contributed by atoms with Crippen molar-refractivity contribution in [3.05, 3.63) is 29.8 Å². The van der Waals surface area contributed by atoms with Crippen molar-refractivity contribution in [2.75, 3.05) is 6.61 Å². The molecule has 1 aliphatic rings. The predicted molar refractivity (Wildman–Crippen MR) is 46.0 cm³/mol. The van der Waals surface area contributed by atoms with Gasteiger partial charge in [-0.3, -0.25) is 0 Å². The summed E-state index contributed by atoms with van der Waals surface area (Å²) in [5.74, 6) is 1.07. The molecule has 1 heterocycles. The van der Waals surface area contributed by atoms with Crippen LogP contribution < -0.4 is 4.74 Å². The number of para-hydroxylation sites is 1. The summed E-state index contributed by atoms with van der Waals surface area (Å²) in [7, 11) is 0. The Morgan fingerprint density at radius 1 is 1.20 bits per heavy atom. The molecule has 10 heavy (non-hydrogen) atoms. The van der Waals surface area contributed by atoms with E-state index in [0.717, 1.165) is 18.8 Å². The van der Waals surface area contributed by atoms with Crippen molar-refractivity contribution in [3.63, 3.8) is 0 Å². The normalized spacial score (nSPS) is 13.2. The van der Waals surface area contributed by atoms with Crippen molar-refractivity contribution >= 4 is 17.0 Å². The summed E-state index contributed by atoms with van der Waals surface area (Å²) in [6.45, 7) is 0.860. The largest absolute Gasteiger partial charge is 0.493 e. The van der Waals surface area contributed by atoms with Crippen LogP contribution in [0.15, 0.2) is 24.3 Å². The van der Waals surface area contributed by atoms with E-state index in [-0.39, 0.29) is 17.0 Å². The quantitative estimate of drug-likeness (QED) is 0.625. The molecule has 2 rings (SSSR count). The molecule has 0 saturated heterocycles. The first-order valence-electron chi connectivity index (χ1n) is 3.17. The number of rotatable bonds is 0. The van der Waals surface area contributed by atoms with E-state index in [1.54, 1.807) is 0 Å². The minimum Gasteiger partial charge on any atom is -0.493 e. The highest BCUT2D eigenvalue weighted by molar-refractivity contribution is 8.93. The van der Waals surface area contributed by atoms with Gasteiger partial charge in [-0.05, 0) is 11.6 Å². The Morgan fingerprint density at radius 2 is 2.00 bits per heavy atom. The topological polar surface area (TPSA) is 9.23 Å². The molecule has 1 aromatic rings. The smallest absolute Gasteiger partial charge is 0.122 e. The van der Waals surface area contributed by atoms with Crippen LogP contribution in [0.5, 0.6) is 5.75 Å². The first-order valence-corrected chi connectivity index (χ1v) is 3.17. The zero-order valence-corrected chi connectivity index (χ0v) is 7.25. The van der Waals surface area contributed by atoms with Crippen LogP contribution in [0.1, 0.15) is 5.56 Å². The van der Waals surface area contributed by atoms with E-state index in [0.29, 0.717) is 0 Å². The minimum absolute atomic E-state index is 0. The molecule has 0 unspecified atom stereocenters. The van der Waals surface area contributed by atoms with E-state index < -0.39 is 0 Å². The highest BCUT2D eigenvalue weighted by atomic mass is 79.9. The molecule has 0 radical (unpaired) electrons. The Balaban J connectivity index is 0.000000500. The van der Waals surface area contributed by atoms with Crippen LogP contribution in [-0.2, 0) is 6.42 Å². The molecule has 0 atom stereocenters. The molecule has 2 heteroatoms. The lowest BCUT2D eigenvalue weighted by Crippen LogP contribution is -1.85. The van der Waals surface area contributed by atoms with Gasteiger partial charge in [0.25, 0.3) is 0 Å². The zero-order chi connectivity index (χ0) is 6.10. The Morgan fingerprint density at radius 3 is 2.80 bits per heavy atom. The van der Waals surface area contributed by atoms with Crippen LogP contribution in [0.2, 0.25) is 0 Å². The summed E-state index contributed by atoms with van der Waals surface area (Å²) in [4.78, 5) is 0. The van der Waals surface area contributed by atoms with E-state index in [9.17, 15) is 0 Å². The molecular formula is C8H9BrO. The summed E-state index contributed by atoms with van der Waals surface area (Å²) < 4.78 is 5.30. The lowest BCUT2D eigenvalue weighted by atomic mass is 10.2. The summed E-state index contributed by atoms with van der Waals surface area (Å²) in [5, 5.41) is 0. The highest BCUT2D eigenvalue weighted by Crippen LogP contribution is 2.23. The van der Waals surface area contributed by atoms with Crippen molar-refractivity contribution < 1.29 is 4.74 Å². The van der Waals surface area contributed by atoms with Gasteiger partial charge in [-0.2, -0.15) is 0 Å². The van der Waals surface area contributed by atoms with Crippen molar-refractivity contribution in [2.24, 2.45) is 0 Å². The summed E-state index contributed by atoms with van der Waals surface area (Å²) in [6.07, 6.45) is 1.08. The van der Waals surface area contributed by atoms with Gasteiger partial charge in [0, 0.05) is 6.42 Å². The SMILES string of the molecule is Br.c1ccc2c(c1)CCO2. The zero-order valence-electron chi connectivity index (χ0n) is 5.54. The number of fused-ring (bicyclic) bond motifs is 1. The maximum atomic E-state index is 5.30. The molecule has 1 aromatic carbocycles. The molecule has 0 aliphatic carbocycles. The summed E-state index contributed by atoms with van der Waals surface area (Å²) >= 11 is 0. The third kappa shape index (κ3) is 1.16. The van der Waals surface area contributed by atoms with Gasteiger partial charge in [0.05, 0.1) is 6.61 Å². The number of benzene rings is 1. The maximum absolute atomic E-state index is 5.30. The Hall–Kier alpha value is -0.500. The monoisotopic (exact) mass is 200 g/mol. The van der Waals surface area contributed by atoms with Gasteiger partial charge >= 0.3 is 0 Å². The van der Waals surface area contributed by atoms with Crippen molar-refractivity contribution in [3.8, 4) is 5.75 Å². The number of hydrogen-bond acceptors (Lipinski definition) is 1. The number of ether oxygens (including phenoxy) is 1. The lowest BCUT2D eigenvalue weighted by molar-refractivity contribution is 0.357. The predicted octanol–water partition coefficient (Wildman–Crippen LogP) is 2.20. The molecule has 0 saturated carbocycles. The average molecular weight is 201 g/mol. The second-order valence-corrected chi connectivity index (χ2v) is 2.21. The first kappa shape index (κ1) is 7.61. The van der Waals surface area contributed by atoms with Gasteiger partial charge in [0.1, 0.15) is 5.75 Å². The molecule has 0 amide bonds. The fourth-order valence-corrected chi connectivity index (χ4v) is 1.12. The van der Waals surface area contributed by atoms with Gasteiger partial charge in [-0.1, -0.05) is 18.2 Å². The minimum atomic E-state index is 0. The van der Waals surface area contributed by atoms with Crippen LogP contribution in [0.3, 0.4) is 0 Å². The van der Waals surface area contributed by atoms with E-state index >= 15 is 0 Å². The van der Waals surface area contributed by atoms with E-state index in [2.05, 4.69) is 6.07 Å². The summed E-state index contributed by atoms with van der Waals surface area (Å²) in [5.41, 5.74) is 1.34. The molecule has 1 aliphatic heterocycles. The molecule has 0 bridgehead atoms. The fraction of sp³-hybridized carbons (Fsp3) is 0.250. The lowest BCUT2D eigenvalue weighted by Gasteiger charge is -1.93. The third-order valence-corrected chi connectivity index (χ3v) is 1.60. The van der Waals surface area contributed by atoms with Crippen LogP contribution in [0, 0.1) is 0 Å². The van der Waals surface area contributed by atoms with Crippen molar-refractivity contribution in [1.82, 2.24) is 0 Å². The average Bonchev–Trinajstić information content (AvgIpc) is 2.33. The van der Waals surface area contributed by atoms with Crippen molar-refractivity contribution in [2.45, 2.75) is 6.42 Å². The third-order valence-electron chi connectivity index (χ3n) is 1.60. The van der Waals surface area contributed by atoms with Crippen molar-refractivity contribution in [1.29, 1.82) is 0 Å². The van der Waals surface area contributed by atoms with Gasteiger partial charge in [0.15, 0.2) is 0 Å². The second-order valence-electron chi connectivity index (χ2n) is 2.21. The molecule has 1 nitrogen and oxygen atoms in total. The molecule has 0 aromatic heterocycles. The van der Waals surface area contributed by atoms with Gasteiger partial charge < -0.3 is 4.74 Å². The van der Waals surface area contributed by atoms with Gasteiger partial charge in [-0.15, -0.1) is 17.0 Å². The van der Waals surface area contributed by atoms with E-state index in [1.807, 2.05) is 18.2 Å². The van der Waals surface area contributed by atoms with E-state index in [4.69, 9.17) is 4.74 Å². The molecule has 0 spiro atoms. The van der Waals surface area contributed by atoms with Crippen LogP contribution in [0.4, 0.5) is 0 Å². The highest BCUT2D eigenvalue weighted by Gasteiger charge is 2.08. The standard InChI is InChI=1S/C8H8O.BrH/c1-2-4-8-7(3-1)5-6-9-8;/h1-4H,5-6H2;1H. The van der Waals surface area contributed by atoms with Crippen LogP contribution in [-0.4, -0.2) is 6.61 Å². The van der Waals surface area contributed by atoms with Gasteiger partial charge in [0.2, 0.25) is 0 Å². The van der Waals surface area contributed by atoms with Crippen LogP contribution >= 0.6 is 17.0 Å². The first-order chi connectivity index (χ1) is 4.47. The summed E-state index contributed by atoms with van der Waals surface area (Å²) in [6, 6.07) is 8.18. The Kier molecular flexibility index (Phi) is 2.33. The molecular weight excluding hydrogens is 192 g/mol. The second kappa shape index (κ2) is 3.06. The molecule has 54 valence electrons.